The summed E-state index contributed by atoms with van der Waals surface area (Å²) >= 11 is 0. The normalized spacial score (nSPS) is 17.1. The van der Waals surface area contributed by atoms with Crippen molar-refractivity contribution in [3.63, 3.8) is 0 Å². The molecule has 0 radical (unpaired) electrons. The number of nitriles is 1. The van der Waals surface area contributed by atoms with Crippen LogP contribution in [0, 0.1) is 11.3 Å². The van der Waals surface area contributed by atoms with Gasteiger partial charge in [0, 0.05) is 12.1 Å². The van der Waals surface area contributed by atoms with Crippen molar-refractivity contribution in [2.75, 3.05) is 11.1 Å². The maximum absolute atomic E-state index is 11.5. The quantitative estimate of drug-likeness (QED) is 0.540. The Morgan fingerprint density at radius 3 is 2.48 bits per heavy atom. The lowest BCUT2D eigenvalue weighted by molar-refractivity contribution is -0.121. The third-order valence-corrected chi connectivity index (χ3v) is 5.08. The van der Waals surface area contributed by atoms with Gasteiger partial charge in [0.15, 0.2) is 0 Å². The molecule has 31 heavy (non-hydrogen) atoms. The third-order valence-electron chi connectivity index (χ3n) is 5.08. The predicted octanol–water partition coefficient (Wildman–Crippen LogP) is 3.49. The van der Waals surface area contributed by atoms with Crippen molar-refractivity contribution in [3.05, 3.63) is 60.9 Å². The minimum Gasteiger partial charge on any atom is -0.457 e. The molecule has 8 heteroatoms. The van der Waals surface area contributed by atoms with Gasteiger partial charge in [-0.1, -0.05) is 30.3 Å². The number of hydrogen-bond donors (Lipinski definition) is 3. The van der Waals surface area contributed by atoms with E-state index >= 15 is 0 Å². The van der Waals surface area contributed by atoms with Crippen molar-refractivity contribution >= 4 is 17.5 Å². The number of carbonyl (C=O) groups excluding carboxylic acids is 1. The molecular formula is C23H22N6O2. The molecule has 0 aliphatic heterocycles. The second-order valence-corrected chi connectivity index (χ2v) is 7.33. The van der Waals surface area contributed by atoms with Crippen molar-refractivity contribution in [2.45, 2.75) is 31.3 Å². The molecule has 1 fully saturated rings. The first-order chi connectivity index (χ1) is 15.1. The van der Waals surface area contributed by atoms with Gasteiger partial charge in [0.25, 0.3) is 0 Å². The lowest BCUT2D eigenvalue weighted by Gasteiger charge is -2.36. The van der Waals surface area contributed by atoms with Crippen LogP contribution in [0.2, 0.25) is 0 Å². The fraction of sp³-hybridized carbons (Fsp3) is 0.217. The number of para-hydroxylation sites is 1. The van der Waals surface area contributed by atoms with Gasteiger partial charge in [-0.3, -0.25) is 4.79 Å². The van der Waals surface area contributed by atoms with Gasteiger partial charge in [-0.25, -0.2) is 9.97 Å². The molecule has 8 nitrogen and oxygen atoms in total. The Morgan fingerprint density at radius 1 is 1.06 bits per heavy atom. The average molecular weight is 414 g/mol. The first-order valence-corrected chi connectivity index (χ1v) is 9.99. The zero-order chi connectivity index (χ0) is 21.6. The van der Waals surface area contributed by atoms with E-state index in [1.807, 2.05) is 60.7 Å². The minimum atomic E-state index is -0.240. The standard InChI is InChI=1S/C23H22N6O2/c24-11-10-20(30)28-16-12-17(13-16)29-23-21(22(25)26-14-27-23)15-6-8-19(9-7-15)31-18-4-2-1-3-5-18/h1-9,14,16-17H,10,12-13H2,(H,28,30)(H3,25,26,27,29). The lowest BCUT2D eigenvalue weighted by Crippen LogP contribution is -2.49. The largest absolute Gasteiger partial charge is 0.457 e. The van der Waals surface area contributed by atoms with Gasteiger partial charge in [0.05, 0.1) is 11.6 Å². The molecule has 156 valence electrons. The molecule has 0 unspecified atom stereocenters. The van der Waals surface area contributed by atoms with Crippen molar-refractivity contribution in [1.82, 2.24) is 15.3 Å². The van der Waals surface area contributed by atoms with Crippen molar-refractivity contribution in [3.8, 4) is 28.7 Å². The van der Waals surface area contributed by atoms with Crippen LogP contribution in [0.3, 0.4) is 0 Å². The number of carbonyl (C=O) groups is 1. The molecule has 0 atom stereocenters. The Labute approximate surface area is 180 Å². The molecular weight excluding hydrogens is 392 g/mol. The highest BCUT2D eigenvalue weighted by Crippen LogP contribution is 2.34. The molecule has 1 aliphatic carbocycles. The minimum absolute atomic E-state index is 0.0652. The number of hydrogen-bond acceptors (Lipinski definition) is 7. The predicted molar refractivity (Wildman–Crippen MR) is 117 cm³/mol. The molecule has 4 N–H and O–H groups in total. The average Bonchev–Trinajstić information content (AvgIpc) is 2.74. The van der Waals surface area contributed by atoms with Gasteiger partial charge in [0.2, 0.25) is 5.91 Å². The van der Waals surface area contributed by atoms with Crippen LogP contribution < -0.4 is 21.1 Å². The van der Waals surface area contributed by atoms with Crippen molar-refractivity contribution in [2.24, 2.45) is 0 Å². The van der Waals surface area contributed by atoms with Crippen LogP contribution in [-0.4, -0.2) is 28.0 Å². The summed E-state index contributed by atoms with van der Waals surface area (Å²) in [4.78, 5) is 20.1. The van der Waals surface area contributed by atoms with Crippen LogP contribution in [0.25, 0.3) is 11.1 Å². The fourth-order valence-corrected chi connectivity index (χ4v) is 3.50. The summed E-state index contributed by atoms with van der Waals surface area (Å²) < 4.78 is 5.85. The number of nitrogens with two attached hydrogens (primary N) is 1. The highest BCUT2D eigenvalue weighted by molar-refractivity contribution is 5.84. The number of rotatable bonds is 7. The zero-order valence-electron chi connectivity index (χ0n) is 16.8. The third kappa shape index (κ3) is 4.90. The summed E-state index contributed by atoms with van der Waals surface area (Å²) in [5.74, 6) is 2.27. The Hall–Kier alpha value is -4.12. The molecule has 1 saturated carbocycles. The lowest BCUT2D eigenvalue weighted by atomic mass is 9.86. The zero-order valence-corrected chi connectivity index (χ0v) is 16.8. The van der Waals surface area contributed by atoms with Gasteiger partial charge in [-0.05, 0) is 42.7 Å². The molecule has 2 aromatic carbocycles. The molecule has 3 aromatic rings. The molecule has 1 amide bonds. The van der Waals surface area contributed by atoms with Crippen LogP contribution in [0.15, 0.2) is 60.9 Å². The molecule has 1 aliphatic rings. The number of ether oxygens (including phenoxy) is 1. The Bertz CT molecular complexity index is 1090. The molecule has 1 heterocycles. The van der Waals surface area contributed by atoms with Crippen molar-refractivity contribution < 1.29 is 9.53 Å². The topological polar surface area (TPSA) is 126 Å². The number of amides is 1. The second kappa shape index (κ2) is 9.13. The van der Waals surface area contributed by atoms with E-state index in [1.165, 1.54) is 6.33 Å². The summed E-state index contributed by atoms with van der Waals surface area (Å²) in [7, 11) is 0. The van der Waals surface area contributed by atoms with Crippen LogP contribution in [0.4, 0.5) is 11.6 Å². The summed E-state index contributed by atoms with van der Waals surface area (Å²) in [6.07, 6.45) is 2.82. The molecule has 4 rings (SSSR count). The molecule has 0 saturated heterocycles. The molecule has 1 aromatic heterocycles. The van der Waals surface area contributed by atoms with E-state index in [-0.39, 0.29) is 24.4 Å². The number of nitrogen functional groups attached to an aromatic ring is 1. The number of benzene rings is 2. The first-order valence-electron chi connectivity index (χ1n) is 9.99. The molecule has 0 bridgehead atoms. The van der Waals surface area contributed by atoms with E-state index in [1.54, 1.807) is 0 Å². The summed E-state index contributed by atoms with van der Waals surface area (Å²) in [5.41, 5.74) is 7.77. The summed E-state index contributed by atoms with van der Waals surface area (Å²) in [5, 5.41) is 14.8. The summed E-state index contributed by atoms with van der Waals surface area (Å²) in [6, 6.07) is 19.2. The first kappa shape index (κ1) is 20.2. The number of nitrogens with zero attached hydrogens (tertiary/aromatic N) is 3. The van der Waals surface area contributed by atoms with Crippen molar-refractivity contribution in [1.29, 1.82) is 5.26 Å². The van der Waals surface area contributed by atoms with Gasteiger partial charge in [-0.2, -0.15) is 5.26 Å². The smallest absolute Gasteiger partial charge is 0.234 e. The molecule has 0 spiro atoms. The van der Waals surface area contributed by atoms with E-state index in [0.29, 0.717) is 11.6 Å². The Morgan fingerprint density at radius 2 is 1.77 bits per heavy atom. The SMILES string of the molecule is N#CCC(=O)NC1CC(Nc2ncnc(N)c2-c2ccc(Oc3ccccc3)cc2)C1. The fourth-order valence-electron chi connectivity index (χ4n) is 3.50. The van der Waals surface area contributed by atoms with E-state index in [0.717, 1.165) is 35.5 Å². The highest BCUT2D eigenvalue weighted by atomic mass is 16.5. The van der Waals surface area contributed by atoms with Gasteiger partial charge >= 0.3 is 0 Å². The maximum atomic E-state index is 11.5. The number of aromatic nitrogens is 2. The van der Waals surface area contributed by atoms with E-state index < -0.39 is 0 Å². The van der Waals surface area contributed by atoms with Crippen LogP contribution in [0.1, 0.15) is 19.3 Å². The number of anilines is 2. The van der Waals surface area contributed by atoms with Crippen LogP contribution >= 0.6 is 0 Å². The van der Waals surface area contributed by atoms with E-state index in [4.69, 9.17) is 15.7 Å². The Balaban J connectivity index is 1.44. The number of nitrogens with one attached hydrogen (secondary N) is 2. The van der Waals surface area contributed by atoms with Gasteiger partial charge < -0.3 is 21.1 Å². The maximum Gasteiger partial charge on any atom is 0.234 e. The highest BCUT2D eigenvalue weighted by Gasteiger charge is 2.31. The van der Waals surface area contributed by atoms with E-state index in [9.17, 15) is 4.79 Å². The van der Waals surface area contributed by atoms with E-state index in [2.05, 4.69) is 20.6 Å². The summed E-state index contributed by atoms with van der Waals surface area (Å²) in [6.45, 7) is 0. The second-order valence-electron chi connectivity index (χ2n) is 7.33. The van der Waals surface area contributed by atoms with Crippen LogP contribution in [0.5, 0.6) is 11.5 Å². The van der Waals surface area contributed by atoms with Crippen LogP contribution in [-0.2, 0) is 4.79 Å². The monoisotopic (exact) mass is 414 g/mol. The Kier molecular flexibility index (Phi) is 5.94. The van der Waals surface area contributed by atoms with Gasteiger partial charge in [0.1, 0.15) is 35.9 Å². The van der Waals surface area contributed by atoms with Gasteiger partial charge in [-0.15, -0.1) is 0 Å².